The number of aliphatic hydroxyl groups excluding tert-OH is 4. The van der Waals surface area contributed by atoms with Crippen molar-refractivity contribution >= 4 is 16.6 Å². The van der Waals surface area contributed by atoms with E-state index in [1.807, 2.05) is 0 Å². The Hall–Kier alpha value is 0.0338. The highest BCUT2D eigenvalue weighted by molar-refractivity contribution is 6.74. The first kappa shape index (κ1) is 38.2. The summed E-state index contributed by atoms with van der Waals surface area (Å²) in [6.45, 7) is 21.3. The third-order valence-corrected chi connectivity index (χ3v) is 16.1. The summed E-state index contributed by atoms with van der Waals surface area (Å²) >= 11 is 0. The number of rotatable bonds is 14. The average Bonchev–Trinajstić information content (AvgIpc) is 2.64. The molecule has 0 radical (unpaired) electrons. The number of hydroxylamine groups is 4. The van der Waals surface area contributed by atoms with Gasteiger partial charge in [0.05, 0.1) is 37.5 Å². The summed E-state index contributed by atoms with van der Waals surface area (Å²) in [6.07, 6.45) is -1.73. The standard InChI is InChI=1S/2C12H29NO4Si/c2*1-12(2,3)18(5,6)17-11(7-8-14)10(15)9-13(4)16/h2*10-11,14-16H,7-9H2,1-6H3/t2*10?,11-/m00/s1. The van der Waals surface area contributed by atoms with E-state index in [1.54, 1.807) is 0 Å². The summed E-state index contributed by atoms with van der Waals surface area (Å²) in [6, 6.07) is 0. The highest BCUT2D eigenvalue weighted by atomic mass is 28.4. The van der Waals surface area contributed by atoms with E-state index in [0.29, 0.717) is 12.8 Å². The van der Waals surface area contributed by atoms with Gasteiger partial charge in [-0.3, -0.25) is 0 Å². The van der Waals surface area contributed by atoms with Crippen molar-refractivity contribution in [3.05, 3.63) is 0 Å². The molecule has 0 aliphatic rings. The van der Waals surface area contributed by atoms with Gasteiger partial charge < -0.3 is 39.7 Å². The monoisotopic (exact) mass is 558 g/mol. The summed E-state index contributed by atoms with van der Waals surface area (Å²) in [5.41, 5.74) is 0. The zero-order chi connectivity index (χ0) is 29.1. The van der Waals surface area contributed by atoms with Crippen LogP contribution < -0.4 is 0 Å². The van der Waals surface area contributed by atoms with Crippen molar-refractivity contribution in [3.63, 3.8) is 0 Å². The molecule has 36 heavy (non-hydrogen) atoms. The van der Waals surface area contributed by atoms with E-state index < -0.39 is 41.1 Å². The summed E-state index contributed by atoms with van der Waals surface area (Å²) in [4.78, 5) is 0. The summed E-state index contributed by atoms with van der Waals surface area (Å²) in [7, 11) is -1.03. The Morgan fingerprint density at radius 1 is 0.639 bits per heavy atom. The Balaban J connectivity index is 0. The normalized spacial score (nSPS) is 17.0. The molecule has 4 atom stereocenters. The van der Waals surface area contributed by atoms with E-state index >= 15 is 0 Å². The molecule has 0 amide bonds. The Bertz CT molecular complexity index is 531. The highest BCUT2D eigenvalue weighted by Gasteiger charge is 2.41. The molecule has 220 valence electrons. The molecule has 12 heteroatoms. The molecule has 0 bridgehead atoms. The molecule has 0 heterocycles. The van der Waals surface area contributed by atoms with Crippen LogP contribution in [-0.4, -0.2) is 122 Å². The van der Waals surface area contributed by atoms with E-state index in [4.69, 9.17) is 29.5 Å². The number of nitrogens with zero attached hydrogens (tertiary/aromatic N) is 2. The van der Waals surface area contributed by atoms with Crippen molar-refractivity contribution in [2.45, 2.75) is 115 Å². The van der Waals surface area contributed by atoms with E-state index in [-0.39, 0.29) is 36.4 Å². The van der Waals surface area contributed by atoms with Crippen molar-refractivity contribution in [1.29, 1.82) is 0 Å². The maximum absolute atomic E-state index is 10.0. The second kappa shape index (κ2) is 16.2. The lowest BCUT2D eigenvalue weighted by Crippen LogP contribution is -2.49. The Labute approximate surface area is 222 Å². The van der Waals surface area contributed by atoms with Crippen LogP contribution in [0.15, 0.2) is 0 Å². The van der Waals surface area contributed by atoms with E-state index in [0.717, 1.165) is 10.1 Å². The van der Waals surface area contributed by atoms with Gasteiger partial charge in [0.25, 0.3) is 0 Å². The molecule has 0 fully saturated rings. The van der Waals surface area contributed by atoms with Gasteiger partial charge in [0.15, 0.2) is 16.6 Å². The first-order chi connectivity index (χ1) is 16.0. The van der Waals surface area contributed by atoms with Crippen LogP contribution in [0.5, 0.6) is 0 Å². The number of aliphatic hydroxyl groups is 4. The lowest BCUT2D eigenvalue weighted by Gasteiger charge is -2.40. The predicted octanol–water partition coefficient (Wildman–Crippen LogP) is 2.88. The average molecular weight is 559 g/mol. The lowest BCUT2D eigenvalue weighted by molar-refractivity contribution is -0.110. The first-order valence-corrected chi connectivity index (χ1v) is 18.6. The van der Waals surface area contributed by atoms with Gasteiger partial charge in [-0.05, 0) is 49.1 Å². The summed E-state index contributed by atoms with van der Waals surface area (Å²) in [5.74, 6) is 0. The zero-order valence-electron chi connectivity index (χ0n) is 24.9. The lowest BCUT2D eigenvalue weighted by atomic mass is 10.1. The fourth-order valence-corrected chi connectivity index (χ4v) is 5.57. The molecule has 0 spiro atoms. The van der Waals surface area contributed by atoms with Gasteiger partial charge in [-0.25, -0.2) is 0 Å². The molecule has 0 rings (SSSR count). The van der Waals surface area contributed by atoms with Gasteiger partial charge in [0.1, 0.15) is 0 Å². The Morgan fingerprint density at radius 2 is 0.889 bits per heavy atom. The molecule has 10 nitrogen and oxygen atoms in total. The molecular weight excluding hydrogens is 500 g/mol. The van der Waals surface area contributed by atoms with Crippen LogP contribution in [0.25, 0.3) is 0 Å². The molecular formula is C24H58N2O8Si2. The third-order valence-electron chi connectivity index (χ3n) is 7.09. The van der Waals surface area contributed by atoms with Gasteiger partial charge in [-0.2, -0.15) is 10.1 Å². The van der Waals surface area contributed by atoms with Crippen LogP contribution in [0.4, 0.5) is 0 Å². The molecule has 0 aromatic heterocycles. The Morgan fingerprint density at radius 3 is 1.06 bits per heavy atom. The summed E-state index contributed by atoms with van der Waals surface area (Å²) in [5, 5.41) is 58.5. The second-order valence-corrected chi connectivity index (χ2v) is 22.2. The highest BCUT2D eigenvalue weighted by Crippen LogP contribution is 2.39. The Kier molecular flexibility index (Phi) is 17.2. The number of likely N-dealkylation sites (N-methyl/N-ethyl adjacent to an activating group) is 2. The van der Waals surface area contributed by atoms with Crippen LogP contribution >= 0.6 is 0 Å². The fraction of sp³-hybridized carbons (Fsp3) is 1.00. The van der Waals surface area contributed by atoms with Crippen LogP contribution in [-0.2, 0) is 8.85 Å². The van der Waals surface area contributed by atoms with Crippen molar-refractivity contribution in [1.82, 2.24) is 10.1 Å². The summed E-state index contributed by atoms with van der Waals surface area (Å²) < 4.78 is 12.2. The number of hydrogen-bond donors (Lipinski definition) is 6. The van der Waals surface area contributed by atoms with E-state index in [2.05, 4.69) is 67.7 Å². The first-order valence-electron chi connectivity index (χ1n) is 12.8. The van der Waals surface area contributed by atoms with Gasteiger partial charge >= 0.3 is 0 Å². The molecule has 6 N–H and O–H groups in total. The quantitative estimate of drug-likeness (QED) is 0.139. The molecule has 0 saturated carbocycles. The molecule has 0 aliphatic heterocycles. The van der Waals surface area contributed by atoms with Crippen molar-refractivity contribution < 1.29 is 39.7 Å². The van der Waals surface area contributed by atoms with Crippen molar-refractivity contribution in [2.75, 3.05) is 40.4 Å². The molecule has 0 saturated heterocycles. The topological polar surface area (TPSA) is 146 Å². The van der Waals surface area contributed by atoms with Crippen LogP contribution in [0.2, 0.25) is 36.3 Å². The molecule has 0 aromatic rings. The minimum absolute atomic E-state index is 0.0362. The van der Waals surface area contributed by atoms with Crippen molar-refractivity contribution in [2.24, 2.45) is 0 Å². The SMILES string of the molecule is CN(O)CC(O)[C@H](CCO)O[Si](C)(C)C(C)(C)C.CN(O)CC(O)[C@H](CCO)O[Si](C)(C)C(C)(C)C. The predicted molar refractivity (Wildman–Crippen MR) is 148 cm³/mol. The molecule has 2 unspecified atom stereocenters. The van der Waals surface area contributed by atoms with Crippen LogP contribution in [0.1, 0.15) is 54.4 Å². The minimum atomic E-state index is -1.99. The second-order valence-electron chi connectivity index (χ2n) is 12.7. The molecule has 0 aliphatic carbocycles. The maximum atomic E-state index is 10.0. The van der Waals surface area contributed by atoms with Gasteiger partial charge in [0, 0.05) is 27.3 Å². The smallest absolute Gasteiger partial charge is 0.192 e. The van der Waals surface area contributed by atoms with E-state index in [1.165, 1.54) is 14.1 Å². The van der Waals surface area contributed by atoms with Gasteiger partial charge in [-0.1, -0.05) is 41.5 Å². The third kappa shape index (κ3) is 14.8. The minimum Gasteiger partial charge on any atom is -0.411 e. The zero-order valence-corrected chi connectivity index (χ0v) is 26.9. The van der Waals surface area contributed by atoms with Gasteiger partial charge in [-0.15, -0.1) is 0 Å². The van der Waals surface area contributed by atoms with Crippen LogP contribution in [0, 0.1) is 0 Å². The maximum Gasteiger partial charge on any atom is 0.192 e. The van der Waals surface area contributed by atoms with E-state index in [9.17, 15) is 10.2 Å². The molecule has 0 aromatic carbocycles. The largest absolute Gasteiger partial charge is 0.411 e. The van der Waals surface area contributed by atoms with Gasteiger partial charge in [0.2, 0.25) is 0 Å². The number of hydrogen-bond acceptors (Lipinski definition) is 10. The fourth-order valence-electron chi connectivity index (χ4n) is 2.80. The van der Waals surface area contributed by atoms with Crippen molar-refractivity contribution in [3.8, 4) is 0 Å². The van der Waals surface area contributed by atoms with Crippen LogP contribution in [0.3, 0.4) is 0 Å².